The van der Waals surface area contributed by atoms with E-state index in [0.717, 1.165) is 18.8 Å². The molecule has 1 unspecified atom stereocenters. The molecule has 2 heteroatoms. The quantitative estimate of drug-likeness (QED) is 0.709. The van der Waals surface area contributed by atoms with E-state index in [0.29, 0.717) is 6.04 Å². The van der Waals surface area contributed by atoms with E-state index in [1.54, 1.807) is 0 Å². The molecular formula is C13H18ClN. The Kier molecular flexibility index (Phi) is 4.04. The van der Waals surface area contributed by atoms with Crippen LogP contribution in [0.5, 0.6) is 0 Å². The minimum atomic E-state index is 0.711. The number of nitrogens with zero attached hydrogens (tertiary/aromatic N) is 1. The van der Waals surface area contributed by atoms with Gasteiger partial charge in [0.2, 0.25) is 0 Å². The molecule has 1 aliphatic rings. The summed E-state index contributed by atoms with van der Waals surface area (Å²) >= 11 is 5.82. The summed E-state index contributed by atoms with van der Waals surface area (Å²) in [5.74, 6) is 0.788. The SMILES string of the molecule is ClCCC1CCCN1Cc1ccccc1. The highest BCUT2D eigenvalue weighted by Crippen LogP contribution is 2.22. The lowest BCUT2D eigenvalue weighted by Gasteiger charge is -2.23. The Hall–Kier alpha value is -0.530. The Morgan fingerprint density at radius 1 is 1.27 bits per heavy atom. The molecule has 0 bridgehead atoms. The van der Waals surface area contributed by atoms with Crippen LogP contribution in [0.15, 0.2) is 30.3 Å². The monoisotopic (exact) mass is 223 g/mol. The third-order valence-electron chi connectivity index (χ3n) is 3.17. The van der Waals surface area contributed by atoms with Gasteiger partial charge in [-0.2, -0.15) is 0 Å². The van der Waals surface area contributed by atoms with Crippen molar-refractivity contribution in [3.05, 3.63) is 35.9 Å². The van der Waals surface area contributed by atoms with Crippen LogP contribution < -0.4 is 0 Å². The maximum absolute atomic E-state index is 5.82. The highest BCUT2D eigenvalue weighted by Gasteiger charge is 2.23. The standard InChI is InChI=1S/C13H18ClN/c14-9-8-13-7-4-10-15(13)11-12-5-2-1-3-6-12/h1-3,5-6,13H,4,7-11H2. The summed E-state index contributed by atoms with van der Waals surface area (Å²) in [4.78, 5) is 2.57. The molecule has 0 saturated carbocycles. The van der Waals surface area contributed by atoms with Crippen LogP contribution in [0, 0.1) is 0 Å². The number of rotatable bonds is 4. The average molecular weight is 224 g/mol. The molecule has 1 atom stereocenters. The molecular weight excluding hydrogens is 206 g/mol. The average Bonchev–Trinajstić information content (AvgIpc) is 2.68. The zero-order chi connectivity index (χ0) is 10.5. The van der Waals surface area contributed by atoms with Crippen molar-refractivity contribution >= 4 is 11.6 Å². The van der Waals surface area contributed by atoms with Crippen LogP contribution >= 0.6 is 11.6 Å². The van der Waals surface area contributed by atoms with Crippen LogP contribution in [0.2, 0.25) is 0 Å². The number of benzene rings is 1. The van der Waals surface area contributed by atoms with E-state index in [-0.39, 0.29) is 0 Å². The van der Waals surface area contributed by atoms with Crippen LogP contribution in [0.4, 0.5) is 0 Å². The van der Waals surface area contributed by atoms with E-state index in [4.69, 9.17) is 11.6 Å². The summed E-state index contributed by atoms with van der Waals surface area (Å²) < 4.78 is 0. The van der Waals surface area contributed by atoms with Crippen LogP contribution in [-0.2, 0) is 6.54 Å². The van der Waals surface area contributed by atoms with Gasteiger partial charge in [-0.25, -0.2) is 0 Å². The number of likely N-dealkylation sites (tertiary alicyclic amines) is 1. The lowest BCUT2D eigenvalue weighted by Crippen LogP contribution is -2.29. The van der Waals surface area contributed by atoms with Crippen LogP contribution in [0.3, 0.4) is 0 Å². The number of hydrogen-bond acceptors (Lipinski definition) is 1. The van der Waals surface area contributed by atoms with Crippen LogP contribution in [0.1, 0.15) is 24.8 Å². The molecule has 0 radical (unpaired) electrons. The second-order valence-corrected chi connectivity index (χ2v) is 4.61. The Morgan fingerprint density at radius 3 is 2.80 bits per heavy atom. The molecule has 1 aromatic rings. The first-order valence-electron chi connectivity index (χ1n) is 5.74. The van der Waals surface area contributed by atoms with E-state index < -0.39 is 0 Å². The Bertz CT molecular complexity index is 286. The van der Waals surface area contributed by atoms with Gasteiger partial charge in [-0.15, -0.1) is 11.6 Å². The highest BCUT2D eigenvalue weighted by molar-refractivity contribution is 6.17. The van der Waals surface area contributed by atoms with Crippen molar-refractivity contribution in [1.82, 2.24) is 4.90 Å². The summed E-state index contributed by atoms with van der Waals surface area (Å²) in [6, 6.07) is 11.4. The van der Waals surface area contributed by atoms with Crippen molar-refractivity contribution in [3.63, 3.8) is 0 Å². The summed E-state index contributed by atoms with van der Waals surface area (Å²) in [7, 11) is 0. The maximum atomic E-state index is 5.82. The third kappa shape index (κ3) is 2.96. The van der Waals surface area contributed by atoms with Crippen LogP contribution in [-0.4, -0.2) is 23.4 Å². The minimum Gasteiger partial charge on any atom is -0.296 e. The fraction of sp³-hybridized carbons (Fsp3) is 0.538. The number of alkyl halides is 1. The van der Waals surface area contributed by atoms with E-state index >= 15 is 0 Å². The molecule has 82 valence electrons. The largest absolute Gasteiger partial charge is 0.296 e. The first kappa shape index (κ1) is 11.0. The van der Waals surface area contributed by atoms with Gasteiger partial charge in [-0.05, 0) is 31.4 Å². The van der Waals surface area contributed by atoms with Gasteiger partial charge < -0.3 is 0 Å². The topological polar surface area (TPSA) is 3.24 Å². The molecule has 1 aromatic carbocycles. The van der Waals surface area contributed by atoms with Gasteiger partial charge in [-0.1, -0.05) is 30.3 Å². The summed E-state index contributed by atoms with van der Waals surface area (Å²) in [5, 5.41) is 0. The molecule has 0 aromatic heterocycles. The van der Waals surface area contributed by atoms with Crippen molar-refractivity contribution < 1.29 is 0 Å². The second kappa shape index (κ2) is 5.53. The van der Waals surface area contributed by atoms with Crippen molar-refractivity contribution in [1.29, 1.82) is 0 Å². The van der Waals surface area contributed by atoms with Crippen LogP contribution in [0.25, 0.3) is 0 Å². The summed E-state index contributed by atoms with van der Waals surface area (Å²) in [5.41, 5.74) is 1.42. The number of hydrogen-bond donors (Lipinski definition) is 0. The molecule has 0 amide bonds. The second-order valence-electron chi connectivity index (χ2n) is 4.23. The van der Waals surface area contributed by atoms with Gasteiger partial charge in [0.1, 0.15) is 0 Å². The predicted octanol–water partition coefficient (Wildman–Crippen LogP) is 3.28. The molecule has 1 heterocycles. The number of halogens is 1. The van der Waals surface area contributed by atoms with E-state index in [1.807, 2.05) is 0 Å². The lowest BCUT2D eigenvalue weighted by atomic mass is 10.1. The van der Waals surface area contributed by atoms with Gasteiger partial charge >= 0.3 is 0 Å². The molecule has 0 N–H and O–H groups in total. The molecule has 1 saturated heterocycles. The minimum absolute atomic E-state index is 0.711. The zero-order valence-electron chi connectivity index (χ0n) is 9.03. The lowest BCUT2D eigenvalue weighted by molar-refractivity contribution is 0.241. The molecule has 0 aliphatic carbocycles. The van der Waals surface area contributed by atoms with Gasteiger partial charge in [0.05, 0.1) is 0 Å². The highest BCUT2D eigenvalue weighted by atomic mass is 35.5. The molecule has 0 spiro atoms. The summed E-state index contributed by atoms with van der Waals surface area (Å²) in [6.07, 6.45) is 3.78. The van der Waals surface area contributed by atoms with Crippen molar-refractivity contribution in [2.45, 2.75) is 31.8 Å². The maximum Gasteiger partial charge on any atom is 0.0238 e. The first-order chi connectivity index (χ1) is 7.40. The molecule has 1 nitrogen and oxygen atoms in total. The fourth-order valence-corrected chi connectivity index (χ4v) is 2.63. The summed E-state index contributed by atoms with van der Waals surface area (Å²) in [6.45, 7) is 2.32. The van der Waals surface area contributed by atoms with E-state index in [9.17, 15) is 0 Å². The third-order valence-corrected chi connectivity index (χ3v) is 3.39. The smallest absolute Gasteiger partial charge is 0.0238 e. The van der Waals surface area contributed by atoms with E-state index in [1.165, 1.54) is 24.9 Å². The van der Waals surface area contributed by atoms with Gasteiger partial charge in [0, 0.05) is 18.5 Å². The van der Waals surface area contributed by atoms with Gasteiger partial charge in [0.15, 0.2) is 0 Å². The van der Waals surface area contributed by atoms with Gasteiger partial charge in [-0.3, -0.25) is 4.90 Å². The first-order valence-corrected chi connectivity index (χ1v) is 6.27. The van der Waals surface area contributed by atoms with Crippen molar-refractivity contribution in [2.24, 2.45) is 0 Å². The normalized spacial score (nSPS) is 22.1. The molecule has 1 aliphatic heterocycles. The molecule has 2 rings (SSSR count). The Balaban J connectivity index is 1.93. The molecule has 15 heavy (non-hydrogen) atoms. The van der Waals surface area contributed by atoms with Gasteiger partial charge in [0.25, 0.3) is 0 Å². The Labute approximate surface area is 97.0 Å². The van der Waals surface area contributed by atoms with E-state index in [2.05, 4.69) is 35.2 Å². The Morgan fingerprint density at radius 2 is 2.07 bits per heavy atom. The van der Waals surface area contributed by atoms with Crippen molar-refractivity contribution in [3.8, 4) is 0 Å². The predicted molar refractivity (Wildman–Crippen MR) is 65.2 cm³/mol. The molecule has 1 fully saturated rings. The zero-order valence-corrected chi connectivity index (χ0v) is 9.79. The fourth-order valence-electron chi connectivity index (χ4n) is 2.37. The van der Waals surface area contributed by atoms with Crippen molar-refractivity contribution in [2.75, 3.05) is 12.4 Å².